The van der Waals surface area contributed by atoms with Gasteiger partial charge in [-0.2, -0.15) is 0 Å². The lowest BCUT2D eigenvalue weighted by atomic mass is 10.1. The Morgan fingerprint density at radius 1 is 0.968 bits per heavy atom. The molecule has 0 amide bonds. The van der Waals surface area contributed by atoms with Crippen LogP contribution in [0.2, 0.25) is 0 Å². The van der Waals surface area contributed by atoms with Crippen molar-refractivity contribution < 1.29 is 26.0 Å². The van der Waals surface area contributed by atoms with Crippen LogP contribution in [-0.2, 0) is 16.3 Å². The van der Waals surface area contributed by atoms with Crippen molar-refractivity contribution in [3.8, 4) is 0 Å². The van der Waals surface area contributed by atoms with E-state index in [0.717, 1.165) is 18.2 Å². The third-order valence-corrected chi connectivity index (χ3v) is 8.44. The van der Waals surface area contributed by atoms with Gasteiger partial charge in [0.25, 0.3) is 0 Å². The van der Waals surface area contributed by atoms with Gasteiger partial charge < -0.3 is 4.90 Å². The van der Waals surface area contributed by atoms with E-state index in [9.17, 15) is 26.0 Å². The average Bonchev–Trinajstić information content (AvgIpc) is 3.15. The first-order valence-corrected chi connectivity index (χ1v) is 12.0. The van der Waals surface area contributed by atoms with Gasteiger partial charge in [0.05, 0.1) is 10.9 Å². The third-order valence-electron chi connectivity index (χ3n) is 5.20. The minimum absolute atomic E-state index is 0.278. The third kappa shape index (κ3) is 4.74. The molecule has 4 rings (SSSR count). The van der Waals surface area contributed by atoms with Crippen LogP contribution in [0.4, 0.5) is 22.7 Å². The van der Waals surface area contributed by atoms with Gasteiger partial charge in [-0.3, -0.25) is 0 Å². The van der Waals surface area contributed by atoms with Gasteiger partial charge in [-0.15, -0.1) is 11.3 Å². The number of hydrogen-bond acceptors (Lipinski definition) is 5. The molecule has 164 valence electrons. The highest BCUT2D eigenvalue weighted by molar-refractivity contribution is 7.92. The molecule has 0 atom stereocenters. The fraction of sp³-hybridized carbons (Fsp3) is 0.286. The summed E-state index contributed by atoms with van der Waals surface area (Å²) in [6.45, 7) is 0.822. The summed E-state index contributed by atoms with van der Waals surface area (Å²) in [7, 11) is -3.92. The van der Waals surface area contributed by atoms with E-state index in [-0.39, 0.29) is 19.3 Å². The number of benzene rings is 2. The Hall–Kier alpha value is -2.46. The number of anilines is 1. The van der Waals surface area contributed by atoms with Gasteiger partial charge in [0.2, 0.25) is 0 Å². The first-order valence-electron chi connectivity index (χ1n) is 9.55. The monoisotopic (exact) mass is 470 g/mol. The van der Waals surface area contributed by atoms with Crippen molar-refractivity contribution in [1.82, 2.24) is 4.98 Å². The predicted molar refractivity (Wildman–Crippen MR) is 110 cm³/mol. The van der Waals surface area contributed by atoms with Gasteiger partial charge in [0, 0.05) is 37.0 Å². The highest BCUT2D eigenvalue weighted by atomic mass is 32.2. The van der Waals surface area contributed by atoms with Crippen LogP contribution in [-0.4, -0.2) is 31.7 Å². The van der Waals surface area contributed by atoms with E-state index in [0.29, 0.717) is 35.5 Å². The fourth-order valence-electron chi connectivity index (χ4n) is 3.69. The van der Waals surface area contributed by atoms with Crippen molar-refractivity contribution >= 4 is 26.3 Å². The van der Waals surface area contributed by atoms with E-state index in [1.807, 2.05) is 4.90 Å². The summed E-state index contributed by atoms with van der Waals surface area (Å²) >= 11 is 1.37. The van der Waals surface area contributed by atoms with E-state index in [1.54, 1.807) is 5.38 Å². The second-order valence-electron chi connectivity index (χ2n) is 7.38. The number of rotatable bonds is 5. The van der Waals surface area contributed by atoms with Crippen LogP contribution >= 0.6 is 11.3 Å². The van der Waals surface area contributed by atoms with Crippen LogP contribution in [0.25, 0.3) is 0 Å². The summed E-state index contributed by atoms with van der Waals surface area (Å²) in [6, 6.07) is 5.80. The minimum Gasteiger partial charge on any atom is -0.348 e. The lowest BCUT2D eigenvalue weighted by Gasteiger charge is -2.31. The van der Waals surface area contributed by atoms with Crippen molar-refractivity contribution in [2.75, 3.05) is 18.0 Å². The maximum atomic E-state index is 14.0. The summed E-state index contributed by atoms with van der Waals surface area (Å²) in [6.07, 6.45) is 0.839. The summed E-state index contributed by atoms with van der Waals surface area (Å²) < 4.78 is 79.4. The van der Waals surface area contributed by atoms with Gasteiger partial charge in [-0.25, -0.2) is 31.0 Å². The normalized spacial score (nSPS) is 15.4. The molecule has 0 saturated carbocycles. The van der Waals surface area contributed by atoms with E-state index < -0.39 is 43.3 Å². The van der Waals surface area contributed by atoms with E-state index in [1.165, 1.54) is 23.5 Å². The Balaban J connectivity index is 1.42. The van der Waals surface area contributed by atoms with Crippen LogP contribution in [0.5, 0.6) is 0 Å². The largest absolute Gasteiger partial charge is 0.348 e. The zero-order chi connectivity index (χ0) is 22.2. The molecule has 0 unspecified atom stereocenters. The topological polar surface area (TPSA) is 50.3 Å². The van der Waals surface area contributed by atoms with Crippen molar-refractivity contribution in [2.45, 2.75) is 29.4 Å². The highest BCUT2D eigenvalue weighted by Crippen LogP contribution is 2.30. The van der Waals surface area contributed by atoms with Crippen molar-refractivity contribution in [1.29, 1.82) is 0 Å². The Kier molecular flexibility index (Phi) is 6.02. The molecule has 10 heteroatoms. The molecule has 4 nitrogen and oxygen atoms in total. The molecule has 0 bridgehead atoms. The number of hydrogen-bond donors (Lipinski definition) is 0. The Bertz CT molecular complexity index is 1190. The summed E-state index contributed by atoms with van der Waals surface area (Å²) in [5, 5.41) is 1.73. The lowest BCUT2D eigenvalue weighted by Crippen LogP contribution is -2.39. The van der Waals surface area contributed by atoms with Gasteiger partial charge >= 0.3 is 0 Å². The number of thiazole rings is 1. The molecule has 0 spiro atoms. The average molecular weight is 471 g/mol. The van der Waals surface area contributed by atoms with E-state index in [2.05, 4.69) is 4.98 Å². The number of halogens is 4. The van der Waals surface area contributed by atoms with Crippen LogP contribution in [0, 0.1) is 23.3 Å². The van der Waals surface area contributed by atoms with E-state index in [4.69, 9.17) is 0 Å². The predicted octanol–water partition coefficient (Wildman–Crippen LogP) is 4.73. The maximum Gasteiger partial charge on any atom is 0.185 e. The van der Waals surface area contributed by atoms with Gasteiger partial charge in [0.1, 0.15) is 28.2 Å². The van der Waals surface area contributed by atoms with E-state index >= 15 is 0 Å². The molecule has 1 fully saturated rings. The number of nitrogens with zero attached hydrogens (tertiary/aromatic N) is 2. The molecule has 0 radical (unpaired) electrons. The smallest absolute Gasteiger partial charge is 0.185 e. The van der Waals surface area contributed by atoms with Crippen LogP contribution < -0.4 is 4.90 Å². The number of piperidine rings is 1. The van der Waals surface area contributed by atoms with Crippen LogP contribution in [0.3, 0.4) is 0 Å². The lowest BCUT2D eigenvalue weighted by molar-refractivity contribution is 0.516. The number of aromatic nitrogens is 1. The maximum absolute atomic E-state index is 14.0. The van der Waals surface area contributed by atoms with Gasteiger partial charge in [-0.05, 0) is 42.7 Å². The van der Waals surface area contributed by atoms with Crippen LogP contribution in [0.15, 0.2) is 46.7 Å². The summed E-state index contributed by atoms with van der Waals surface area (Å²) in [5.41, 5.74) is 1.13. The summed E-state index contributed by atoms with van der Waals surface area (Å²) in [5.74, 6) is -3.20. The van der Waals surface area contributed by atoms with Crippen molar-refractivity contribution in [2.24, 2.45) is 0 Å². The standard InChI is InChI=1S/C21H18F4N2O2S2/c22-14-1-2-20(19(25)11-14)31(28,29)18-3-5-27(6-4-18)21-26-17(12-30-21)9-13-7-15(23)10-16(24)8-13/h1-2,7-8,10-12,18H,3-6,9H2. The SMILES string of the molecule is O=S(=O)(c1ccc(F)cc1F)C1CCN(c2nc(Cc3cc(F)cc(F)c3)cs2)CC1. The molecule has 1 aliphatic heterocycles. The second kappa shape index (κ2) is 8.58. The molecule has 2 aromatic carbocycles. The molecule has 1 aromatic heterocycles. The summed E-state index contributed by atoms with van der Waals surface area (Å²) in [4.78, 5) is 5.96. The second-order valence-corrected chi connectivity index (χ2v) is 10.4. The highest BCUT2D eigenvalue weighted by Gasteiger charge is 2.34. The molecule has 0 N–H and O–H groups in total. The number of sulfone groups is 1. The fourth-order valence-corrected chi connectivity index (χ4v) is 6.35. The molecular weight excluding hydrogens is 452 g/mol. The van der Waals surface area contributed by atoms with Crippen molar-refractivity contribution in [3.63, 3.8) is 0 Å². The first-order chi connectivity index (χ1) is 14.7. The molecule has 31 heavy (non-hydrogen) atoms. The molecule has 1 saturated heterocycles. The Labute approximate surface area is 181 Å². The van der Waals surface area contributed by atoms with Gasteiger partial charge in [0.15, 0.2) is 15.0 Å². The Morgan fingerprint density at radius 2 is 1.65 bits per heavy atom. The van der Waals surface area contributed by atoms with Gasteiger partial charge in [-0.1, -0.05) is 0 Å². The zero-order valence-electron chi connectivity index (χ0n) is 16.2. The van der Waals surface area contributed by atoms with Crippen molar-refractivity contribution in [3.05, 3.63) is 76.3 Å². The Morgan fingerprint density at radius 3 is 2.29 bits per heavy atom. The first kappa shape index (κ1) is 21.8. The molecule has 2 heterocycles. The molecular formula is C21H18F4N2O2S2. The molecule has 0 aliphatic carbocycles. The quantitative estimate of drug-likeness (QED) is 0.400. The molecule has 1 aliphatic rings. The minimum atomic E-state index is -3.92. The van der Waals surface area contributed by atoms with Crippen LogP contribution in [0.1, 0.15) is 24.1 Å². The zero-order valence-corrected chi connectivity index (χ0v) is 17.8. The molecule has 3 aromatic rings.